The first kappa shape index (κ1) is 15.1. The molecule has 0 aromatic carbocycles. The lowest BCUT2D eigenvalue weighted by Crippen LogP contribution is -2.24. The second-order valence-corrected chi connectivity index (χ2v) is 4.24. The van der Waals surface area contributed by atoms with Crippen molar-refractivity contribution < 1.29 is 14.3 Å². The standard InChI is InChI=1S/C14H20N2O3/c1-19-13(17)8-4-2-3-5-10-16-14(18)12-7-6-9-15-11-12/h6-7,9,11H,2-5,8,10H2,1H3,(H,16,18). The van der Waals surface area contributed by atoms with Crippen molar-refractivity contribution in [2.75, 3.05) is 13.7 Å². The second kappa shape index (κ2) is 9.08. The van der Waals surface area contributed by atoms with E-state index in [9.17, 15) is 9.59 Å². The Bertz CT molecular complexity index is 393. The highest BCUT2D eigenvalue weighted by atomic mass is 16.5. The molecule has 1 aromatic rings. The van der Waals surface area contributed by atoms with E-state index in [1.54, 1.807) is 24.5 Å². The Morgan fingerprint density at radius 3 is 2.74 bits per heavy atom. The van der Waals surface area contributed by atoms with Crippen LogP contribution in [0.3, 0.4) is 0 Å². The number of nitrogens with zero attached hydrogens (tertiary/aromatic N) is 1. The molecule has 0 radical (unpaired) electrons. The SMILES string of the molecule is COC(=O)CCCCCCNC(=O)c1cccnc1. The maximum atomic E-state index is 11.6. The van der Waals surface area contributed by atoms with Crippen molar-refractivity contribution >= 4 is 11.9 Å². The summed E-state index contributed by atoms with van der Waals surface area (Å²) < 4.78 is 4.56. The number of hydrogen-bond donors (Lipinski definition) is 1. The minimum absolute atomic E-state index is 0.0948. The summed E-state index contributed by atoms with van der Waals surface area (Å²) in [5, 5.41) is 2.84. The zero-order chi connectivity index (χ0) is 13.9. The van der Waals surface area contributed by atoms with Crippen molar-refractivity contribution in [2.24, 2.45) is 0 Å². The molecule has 0 saturated heterocycles. The van der Waals surface area contributed by atoms with Crippen molar-refractivity contribution in [1.29, 1.82) is 0 Å². The first-order valence-corrected chi connectivity index (χ1v) is 6.49. The maximum absolute atomic E-state index is 11.6. The Kier molecular flexibility index (Phi) is 7.24. The second-order valence-electron chi connectivity index (χ2n) is 4.24. The van der Waals surface area contributed by atoms with Gasteiger partial charge in [-0.1, -0.05) is 12.8 Å². The Morgan fingerprint density at radius 1 is 1.26 bits per heavy atom. The molecule has 1 amide bonds. The van der Waals surface area contributed by atoms with E-state index >= 15 is 0 Å². The predicted octanol–water partition coefficient (Wildman–Crippen LogP) is 1.93. The van der Waals surface area contributed by atoms with Crippen LogP contribution >= 0.6 is 0 Å². The van der Waals surface area contributed by atoms with Gasteiger partial charge in [0.05, 0.1) is 12.7 Å². The molecule has 0 saturated carbocycles. The Balaban J connectivity index is 2.02. The van der Waals surface area contributed by atoms with Gasteiger partial charge in [-0.3, -0.25) is 14.6 Å². The summed E-state index contributed by atoms with van der Waals surface area (Å²) in [6.45, 7) is 0.645. The number of rotatable bonds is 8. The van der Waals surface area contributed by atoms with Crippen LogP contribution in [0.15, 0.2) is 24.5 Å². The molecule has 0 fully saturated rings. The highest BCUT2D eigenvalue weighted by molar-refractivity contribution is 5.93. The molecule has 1 N–H and O–H groups in total. The van der Waals surface area contributed by atoms with Crippen molar-refractivity contribution in [3.05, 3.63) is 30.1 Å². The first-order valence-electron chi connectivity index (χ1n) is 6.49. The van der Waals surface area contributed by atoms with Gasteiger partial charge in [0.25, 0.3) is 5.91 Å². The van der Waals surface area contributed by atoms with Crippen molar-refractivity contribution in [2.45, 2.75) is 32.1 Å². The number of hydrogen-bond acceptors (Lipinski definition) is 4. The number of pyridine rings is 1. The summed E-state index contributed by atoms with van der Waals surface area (Å²) in [4.78, 5) is 26.4. The van der Waals surface area contributed by atoms with Crippen LogP contribution in [0.2, 0.25) is 0 Å². The quantitative estimate of drug-likeness (QED) is 0.575. The van der Waals surface area contributed by atoms with Crippen LogP contribution in [0.5, 0.6) is 0 Å². The molecule has 0 aliphatic carbocycles. The Morgan fingerprint density at radius 2 is 2.05 bits per heavy atom. The average Bonchev–Trinajstić information content (AvgIpc) is 2.46. The highest BCUT2D eigenvalue weighted by Crippen LogP contribution is 2.03. The summed E-state index contributed by atoms with van der Waals surface area (Å²) in [5.41, 5.74) is 0.577. The van der Waals surface area contributed by atoms with Gasteiger partial charge in [-0.2, -0.15) is 0 Å². The molecule has 0 atom stereocenters. The smallest absolute Gasteiger partial charge is 0.305 e. The zero-order valence-corrected chi connectivity index (χ0v) is 11.2. The van der Waals surface area contributed by atoms with Gasteiger partial charge in [0.15, 0.2) is 0 Å². The van der Waals surface area contributed by atoms with E-state index in [1.165, 1.54) is 7.11 Å². The van der Waals surface area contributed by atoms with Gasteiger partial charge in [0.1, 0.15) is 0 Å². The summed E-state index contributed by atoms with van der Waals surface area (Å²) >= 11 is 0. The third-order valence-corrected chi connectivity index (χ3v) is 2.74. The molecule has 0 aliphatic rings. The molecule has 1 aromatic heterocycles. The van der Waals surface area contributed by atoms with Crippen LogP contribution in [-0.2, 0) is 9.53 Å². The number of methoxy groups -OCH3 is 1. The van der Waals surface area contributed by atoms with Crippen LogP contribution in [-0.4, -0.2) is 30.5 Å². The molecular weight excluding hydrogens is 244 g/mol. The maximum Gasteiger partial charge on any atom is 0.305 e. The van der Waals surface area contributed by atoms with Crippen molar-refractivity contribution in [3.8, 4) is 0 Å². The molecule has 104 valence electrons. The Hall–Kier alpha value is -1.91. The van der Waals surface area contributed by atoms with E-state index in [0.717, 1.165) is 25.7 Å². The van der Waals surface area contributed by atoms with Crippen LogP contribution < -0.4 is 5.32 Å². The van der Waals surface area contributed by atoms with E-state index in [-0.39, 0.29) is 11.9 Å². The van der Waals surface area contributed by atoms with E-state index in [2.05, 4.69) is 15.0 Å². The molecule has 1 rings (SSSR count). The largest absolute Gasteiger partial charge is 0.469 e. The van der Waals surface area contributed by atoms with Crippen LogP contribution in [0.1, 0.15) is 42.5 Å². The number of carbonyl (C=O) groups is 2. The molecule has 0 bridgehead atoms. The van der Waals surface area contributed by atoms with Gasteiger partial charge >= 0.3 is 5.97 Å². The third kappa shape index (κ3) is 6.55. The number of ether oxygens (including phenoxy) is 1. The lowest BCUT2D eigenvalue weighted by atomic mass is 10.1. The molecule has 19 heavy (non-hydrogen) atoms. The van der Waals surface area contributed by atoms with E-state index < -0.39 is 0 Å². The molecule has 1 heterocycles. The Labute approximate surface area is 113 Å². The fourth-order valence-corrected chi connectivity index (χ4v) is 1.65. The molecular formula is C14H20N2O3. The van der Waals surface area contributed by atoms with Gasteiger partial charge in [0, 0.05) is 25.4 Å². The molecule has 0 unspecified atom stereocenters. The minimum atomic E-state index is -0.162. The van der Waals surface area contributed by atoms with Crippen LogP contribution in [0, 0.1) is 0 Å². The minimum Gasteiger partial charge on any atom is -0.469 e. The van der Waals surface area contributed by atoms with Gasteiger partial charge in [0.2, 0.25) is 0 Å². The van der Waals surface area contributed by atoms with E-state index in [0.29, 0.717) is 18.5 Å². The zero-order valence-electron chi connectivity index (χ0n) is 11.2. The third-order valence-electron chi connectivity index (χ3n) is 2.74. The van der Waals surface area contributed by atoms with Gasteiger partial charge < -0.3 is 10.1 Å². The van der Waals surface area contributed by atoms with Crippen molar-refractivity contribution in [3.63, 3.8) is 0 Å². The van der Waals surface area contributed by atoms with Gasteiger partial charge in [-0.05, 0) is 25.0 Å². The fraction of sp³-hybridized carbons (Fsp3) is 0.500. The monoisotopic (exact) mass is 264 g/mol. The highest BCUT2D eigenvalue weighted by Gasteiger charge is 2.03. The number of aromatic nitrogens is 1. The number of unbranched alkanes of at least 4 members (excludes halogenated alkanes) is 3. The molecule has 5 nitrogen and oxygen atoms in total. The summed E-state index contributed by atoms with van der Waals surface area (Å²) in [5.74, 6) is -0.257. The van der Waals surface area contributed by atoms with E-state index in [1.807, 2.05) is 0 Å². The normalized spacial score (nSPS) is 9.95. The topological polar surface area (TPSA) is 68.3 Å². The van der Waals surface area contributed by atoms with Gasteiger partial charge in [-0.15, -0.1) is 0 Å². The predicted molar refractivity (Wildman–Crippen MR) is 71.7 cm³/mol. The number of nitrogens with one attached hydrogen (secondary N) is 1. The molecule has 0 spiro atoms. The van der Waals surface area contributed by atoms with Crippen molar-refractivity contribution in [1.82, 2.24) is 10.3 Å². The van der Waals surface area contributed by atoms with Gasteiger partial charge in [-0.25, -0.2) is 0 Å². The molecule has 0 aliphatic heterocycles. The summed E-state index contributed by atoms with van der Waals surface area (Å²) in [6.07, 6.45) is 7.36. The first-order chi connectivity index (χ1) is 9.24. The average molecular weight is 264 g/mol. The molecule has 5 heteroatoms. The van der Waals surface area contributed by atoms with Crippen LogP contribution in [0.25, 0.3) is 0 Å². The van der Waals surface area contributed by atoms with E-state index in [4.69, 9.17) is 0 Å². The summed E-state index contributed by atoms with van der Waals surface area (Å²) in [7, 11) is 1.40. The lowest BCUT2D eigenvalue weighted by molar-refractivity contribution is -0.140. The lowest BCUT2D eigenvalue weighted by Gasteiger charge is -2.04. The fourth-order valence-electron chi connectivity index (χ4n) is 1.65. The summed E-state index contributed by atoms with van der Waals surface area (Å²) in [6, 6.07) is 3.47. The number of esters is 1. The van der Waals surface area contributed by atoms with Crippen LogP contribution in [0.4, 0.5) is 0 Å². The number of amides is 1. The number of carbonyl (C=O) groups excluding carboxylic acids is 2.